The van der Waals surface area contributed by atoms with Gasteiger partial charge in [0.15, 0.2) is 0 Å². The van der Waals surface area contributed by atoms with E-state index in [-0.39, 0.29) is 23.3 Å². The highest BCUT2D eigenvalue weighted by Gasteiger charge is 2.32. The molecule has 2 amide bonds. The van der Waals surface area contributed by atoms with Gasteiger partial charge in [-0.15, -0.1) is 0 Å². The Hall–Kier alpha value is -3.37. The van der Waals surface area contributed by atoms with Gasteiger partial charge in [-0.2, -0.15) is 0 Å². The number of rotatable bonds is 13. The van der Waals surface area contributed by atoms with Crippen LogP contribution in [0.1, 0.15) is 31.9 Å². The summed E-state index contributed by atoms with van der Waals surface area (Å²) in [6, 6.07) is 20.2. The van der Waals surface area contributed by atoms with Crippen molar-refractivity contribution >= 4 is 43.5 Å². The molecule has 8 nitrogen and oxygen atoms in total. The second kappa shape index (κ2) is 14.5. The van der Waals surface area contributed by atoms with Crippen molar-refractivity contribution in [2.24, 2.45) is 5.92 Å². The van der Waals surface area contributed by atoms with E-state index in [1.165, 1.54) is 24.1 Å². The first-order chi connectivity index (χ1) is 19.4. The second-order valence-corrected chi connectivity index (χ2v) is 13.0. The highest BCUT2D eigenvalue weighted by atomic mass is 79.9. The summed E-state index contributed by atoms with van der Waals surface area (Å²) in [6.07, 6.45) is 0.511. The molecule has 3 aromatic rings. The Morgan fingerprint density at radius 3 is 2.22 bits per heavy atom. The van der Waals surface area contributed by atoms with Gasteiger partial charge in [0.1, 0.15) is 18.3 Å². The van der Waals surface area contributed by atoms with Crippen LogP contribution in [0.2, 0.25) is 0 Å². The predicted molar refractivity (Wildman–Crippen MR) is 166 cm³/mol. The van der Waals surface area contributed by atoms with Gasteiger partial charge in [0.25, 0.3) is 10.0 Å². The van der Waals surface area contributed by atoms with E-state index in [9.17, 15) is 18.0 Å². The van der Waals surface area contributed by atoms with Gasteiger partial charge in [-0.1, -0.05) is 61.9 Å². The van der Waals surface area contributed by atoms with E-state index < -0.39 is 28.5 Å². The first-order valence-corrected chi connectivity index (χ1v) is 15.7. The summed E-state index contributed by atoms with van der Waals surface area (Å²) in [5.74, 6) is -0.0466. The summed E-state index contributed by atoms with van der Waals surface area (Å²) >= 11 is 3.36. The number of aryl methyl sites for hydroxylation is 1. The van der Waals surface area contributed by atoms with Crippen molar-refractivity contribution in [2.45, 2.75) is 45.1 Å². The molecule has 1 atom stereocenters. The number of amides is 2. The van der Waals surface area contributed by atoms with Gasteiger partial charge < -0.3 is 15.0 Å². The zero-order chi connectivity index (χ0) is 30.2. The fourth-order valence-corrected chi connectivity index (χ4v) is 6.33. The minimum Gasteiger partial charge on any atom is -0.496 e. The average Bonchev–Trinajstić information content (AvgIpc) is 2.95. The van der Waals surface area contributed by atoms with Gasteiger partial charge in [0, 0.05) is 13.1 Å². The SMILES string of the molecule is COc1ccc(S(=O)(=O)N(CC(=O)N(CCc2ccccc2)[C@H](C)C(=O)NCC(C)C)c2ccc(C)cc2)cc1Br. The molecule has 0 aliphatic heterocycles. The number of anilines is 1. The van der Waals surface area contributed by atoms with E-state index in [0.717, 1.165) is 15.4 Å². The molecule has 0 unspecified atom stereocenters. The number of sulfonamides is 1. The third-order valence-electron chi connectivity index (χ3n) is 6.65. The fourth-order valence-electron chi connectivity index (χ4n) is 4.20. The number of nitrogens with one attached hydrogen (secondary N) is 1. The number of hydrogen-bond acceptors (Lipinski definition) is 5. The lowest BCUT2D eigenvalue weighted by Crippen LogP contribution is -2.52. The van der Waals surface area contributed by atoms with Crippen LogP contribution in [0.25, 0.3) is 0 Å². The molecule has 41 heavy (non-hydrogen) atoms. The molecular formula is C31H38BrN3O5S. The maximum absolute atomic E-state index is 14.0. The van der Waals surface area contributed by atoms with Crippen LogP contribution in [-0.4, -0.2) is 57.9 Å². The lowest BCUT2D eigenvalue weighted by molar-refractivity contribution is -0.138. The van der Waals surface area contributed by atoms with Crippen LogP contribution in [0.4, 0.5) is 5.69 Å². The lowest BCUT2D eigenvalue weighted by Gasteiger charge is -2.32. The quantitative estimate of drug-likeness (QED) is 0.276. The Morgan fingerprint density at radius 2 is 1.63 bits per heavy atom. The van der Waals surface area contributed by atoms with Crippen molar-refractivity contribution < 1.29 is 22.7 Å². The standard InChI is InChI=1S/C31H38BrN3O5S/c1-22(2)20-33-31(37)24(4)34(18-17-25-9-7-6-8-10-25)30(36)21-35(26-13-11-23(3)12-14-26)41(38,39)27-15-16-29(40-5)28(32)19-27/h6-16,19,22,24H,17-18,20-21H2,1-5H3,(H,33,37)/t24-/m1/s1. The van der Waals surface area contributed by atoms with Gasteiger partial charge in [0.2, 0.25) is 11.8 Å². The molecule has 0 fully saturated rings. The second-order valence-electron chi connectivity index (χ2n) is 10.3. The largest absolute Gasteiger partial charge is 0.496 e. The Kier molecular flexibility index (Phi) is 11.4. The van der Waals surface area contributed by atoms with Gasteiger partial charge in [-0.25, -0.2) is 8.42 Å². The van der Waals surface area contributed by atoms with Gasteiger partial charge >= 0.3 is 0 Å². The van der Waals surface area contributed by atoms with E-state index in [1.54, 1.807) is 37.3 Å². The predicted octanol–water partition coefficient (Wildman–Crippen LogP) is 5.19. The van der Waals surface area contributed by atoms with Gasteiger partial charge in [0.05, 0.1) is 22.2 Å². The maximum atomic E-state index is 14.0. The van der Waals surface area contributed by atoms with Crippen LogP contribution in [0.3, 0.4) is 0 Å². The number of methoxy groups -OCH3 is 1. The molecule has 220 valence electrons. The number of carbonyl (C=O) groups excluding carboxylic acids is 2. The van der Waals surface area contributed by atoms with Gasteiger partial charge in [-0.05, 0) is 78.0 Å². The van der Waals surface area contributed by atoms with E-state index in [0.29, 0.717) is 28.9 Å². The summed E-state index contributed by atoms with van der Waals surface area (Å²) in [5, 5.41) is 2.90. The first-order valence-electron chi connectivity index (χ1n) is 13.5. The Balaban J connectivity index is 1.98. The molecule has 0 aliphatic rings. The van der Waals surface area contributed by atoms with Crippen molar-refractivity contribution in [1.29, 1.82) is 0 Å². The van der Waals surface area contributed by atoms with Crippen LogP contribution >= 0.6 is 15.9 Å². The number of nitrogens with zero attached hydrogens (tertiary/aromatic N) is 2. The van der Waals surface area contributed by atoms with Crippen molar-refractivity contribution in [1.82, 2.24) is 10.2 Å². The average molecular weight is 645 g/mol. The third-order valence-corrected chi connectivity index (χ3v) is 9.04. The number of hydrogen-bond donors (Lipinski definition) is 1. The zero-order valence-electron chi connectivity index (χ0n) is 24.1. The molecule has 1 N–H and O–H groups in total. The van der Waals surface area contributed by atoms with Crippen molar-refractivity contribution in [3.05, 3.63) is 88.4 Å². The summed E-state index contributed by atoms with van der Waals surface area (Å²) in [5.41, 5.74) is 2.30. The van der Waals surface area contributed by atoms with E-state index in [2.05, 4.69) is 21.2 Å². The number of benzene rings is 3. The third kappa shape index (κ3) is 8.56. The lowest BCUT2D eigenvalue weighted by atomic mass is 10.1. The van der Waals surface area contributed by atoms with Crippen LogP contribution < -0.4 is 14.4 Å². The molecule has 0 saturated heterocycles. The molecule has 0 bridgehead atoms. The summed E-state index contributed by atoms with van der Waals surface area (Å²) in [6.45, 7) is 7.79. The van der Waals surface area contributed by atoms with Crippen LogP contribution in [-0.2, 0) is 26.0 Å². The Labute approximate surface area is 251 Å². The summed E-state index contributed by atoms with van der Waals surface area (Å²) in [7, 11) is -2.68. The monoisotopic (exact) mass is 643 g/mol. The molecule has 0 aliphatic carbocycles. The van der Waals surface area contributed by atoms with Crippen molar-refractivity contribution in [3.63, 3.8) is 0 Å². The van der Waals surface area contributed by atoms with E-state index >= 15 is 0 Å². The molecule has 3 rings (SSSR count). The molecule has 0 saturated carbocycles. The van der Waals surface area contributed by atoms with Crippen LogP contribution in [0.15, 0.2) is 82.2 Å². The van der Waals surface area contributed by atoms with E-state index in [4.69, 9.17) is 4.74 Å². The van der Waals surface area contributed by atoms with Crippen molar-refractivity contribution in [3.8, 4) is 5.75 Å². The zero-order valence-corrected chi connectivity index (χ0v) is 26.5. The molecule has 3 aromatic carbocycles. The number of ether oxygens (including phenoxy) is 1. The molecule has 10 heteroatoms. The topological polar surface area (TPSA) is 96.0 Å². The Morgan fingerprint density at radius 1 is 0.976 bits per heavy atom. The number of carbonyl (C=O) groups is 2. The summed E-state index contributed by atoms with van der Waals surface area (Å²) < 4.78 is 34.8. The molecule has 0 aromatic heterocycles. The molecule has 0 spiro atoms. The van der Waals surface area contributed by atoms with Crippen molar-refractivity contribution in [2.75, 3.05) is 31.0 Å². The highest BCUT2D eigenvalue weighted by Crippen LogP contribution is 2.31. The van der Waals surface area contributed by atoms with Gasteiger partial charge in [-0.3, -0.25) is 13.9 Å². The first kappa shape index (κ1) is 32.1. The van der Waals surface area contributed by atoms with Crippen LogP contribution in [0.5, 0.6) is 5.75 Å². The summed E-state index contributed by atoms with van der Waals surface area (Å²) in [4.78, 5) is 28.5. The van der Waals surface area contributed by atoms with E-state index in [1.807, 2.05) is 51.1 Å². The Bertz CT molecular complexity index is 1430. The minimum absolute atomic E-state index is 0.00268. The van der Waals surface area contributed by atoms with Crippen LogP contribution in [0, 0.1) is 12.8 Å². The molecular weight excluding hydrogens is 606 g/mol. The minimum atomic E-state index is -4.18. The molecule has 0 radical (unpaired) electrons. The molecule has 0 heterocycles. The smallest absolute Gasteiger partial charge is 0.264 e. The number of halogens is 1. The highest BCUT2D eigenvalue weighted by molar-refractivity contribution is 9.10. The fraction of sp³-hybridized carbons (Fsp3) is 0.355. The maximum Gasteiger partial charge on any atom is 0.264 e. The normalized spacial score (nSPS) is 12.1.